The van der Waals surface area contributed by atoms with Crippen molar-refractivity contribution in [1.82, 2.24) is 24.7 Å². The summed E-state index contributed by atoms with van der Waals surface area (Å²) in [5.41, 5.74) is 1.14. The molecule has 0 saturated carbocycles. The first-order chi connectivity index (χ1) is 19.2. The molecule has 3 aliphatic heterocycles. The average Bonchev–Trinajstić information content (AvgIpc) is 3.52. The number of likely N-dealkylation sites (tertiary alicyclic amines) is 1. The van der Waals surface area contributed by atoms with Gasteiger partial charge in [-0.2, -0.15) is 13.2 Å². The molecule has 1 amide bonds. The minimum atomic E-state index is -4.59. The van der Waals surface area contributed by atoms with E-state index in [1.165, 1.54) is 10.1 Å². The molecule has 0 bridgehead atoms. The van der Waals surface area contributed by atoms with Gasteiger partial charge in [0.25, 0.3) is 5.56 Å². The highest BCUT2D eigenvalue weighted by Crippen LogP contribution is 2.44. The summed E-state index contributed by atoms with van der Waals surface area (Å²) >= 11 is 1.91. The van der Waals surface area contributed by atoms with Gasteiger partial charge in [0, 0.05) is 80.4 Å². The van der Waals surface area contributed by atoms with Gasteiger partial charge in [-0.15, -0.1) is 11.8 Å². The Labute approximate surface area is 235 Å². The molecule has 5 heterocycles. The minimum Gasteiger partial charge on any atom is -0.381 e. The number of amides is 1. The first kappa shape index (κ1) is 27.7. The fourth-order valence-corrected chi connectivity index (χ4v) is 8.13. The second-order valence-corrected chi connectivity index (χ2v) is 12.6. The quantitative estimate of drug-likeness (QED) is 0.566. The summed E-state index contributed by atoms with van der Waals surface area (Å²) in [5.74, 6) is -0.142. The summed E-state index contributed by atoms with van der Waals surface area (Å²) in [6.07, 6.45) is 1.29. The Hall–Kier alpha value is -2.41. The van der Waals surface area contributed by atoms with E-state index in [-0.39, 0.29) is 42.5 Å². The van der Waals surface area contributed by atoms with Crippen LogP contribution in [0.15, 0.2) is 35.3 Å². The molecule has 2 saturated heterocycles. The highest BCUT2D eigenvalue weighted by molar-refractivity contribution is 8.00. The van der Waals surface area contributed by atoms with Gasteiger partial charge in [0.05, 0.1) is 23.8 Å². The standard InChI is InChI=1S/C28H34F3N5O3S/c29-28(30,31)19-12-21-14-34(8-9-36(21)26(38)13-19)17-25(37)33-22-15-35(20-5-10-39-11-6-20)16-24(22)40-23-4-3-18-2-1-7-32-27(18)23/h1-2,7,12-13,20,22-24H,3-6,8-11,14-17H2,(H,33,37)/t22?,23?,24-/m0/s1. The van der Waals surface area contributed by atoms with Crippen molar-refractivity contribution in [3.05, 3.63) is 63.3 Å². The van der Waals surface area contributed by atoms with Crippen molar-refractivity contribution < 1.29 is 22.7 Å². The Morgan fingerprint density at radius 3 is 2.77 bits per heavy atom. The summed E-state index contributed by atoms with van der Waals surface area (Å²) in [6, 6.07) is 6.20. The van der Waals surface area contributed by atoms with E-state index in [4.69, 9.17) is 4.74 Å². The summed E-state index contributed by atoms with van der Waals surface area (Å²) in [4.78, 5) is 34.5. The molecule has 2 aromatic heterocycles. The lowest BCUT2D eigenvalue weighted by Gasteiger charge is -2.31. The van der Waals surface area contributed by atoms with Crippen molar-refractivity contribution in [1.29, 1.82) is 0 Å². The summed E-state index contributed by atoms with van der Waals surface area (Å²) in [7, 11) is 0. The third-order valence-electron chi connectivity index (χ3n) is 8.53. The Balaban J connectivity index is 1.12. The Kier molecular flexibility index (Phi) is 7.95. The molecule has 2 unspecified atom stereocenters. The molecular weight excluding hydrogens is 543 g/mol. The number of ether oxygens (including phenoxy) is 1. The largest absolute Gasteiger partial charge is 0.416 e. The monoisotopic (exact) mass is 577 g/mol. The highest BCUT2D eigenvalue weighted by Gasteiger charge is 2.40. The summed E-state index contributed by atoms with van der Waals surface area (Å²) in [5, 5.41) is 3.78. The zero-order chi connectivity index (χ0) is 27.9. The number of hydrogen-bond acceptors (Lipinski definition) is 7. The number of hydrogen-bond donors (Lipinski definition) is 1. The lowest BCUT2D eigenvalue weighted by molar-refractivity contribution is -0.138. The highest BCUT2D eigenvalue weighted by atomic mass is 32.2. The van der Waals surface area contributed by atoms with E-state index in [1.807, 2.05) is 28.9 Å². The normalized spacial score (nSPS) is 26.0. The maximum absolute atomic E-state index is 13.3. The molecule has 0 radical (unpaired) electrons. The molecule has 216 valence electrons. The smallest absolute Gasteiger partial charge is 0.381 e. The fourth-order valence-electron chi connectivity index (χ4n) is 6.49. The third-order valence-corrected chi connectivity index (χ3v) is 10.1. The fraction of sp³-hybridized carbons (Fsp3) is 0.607. The van der Waals surface area contributed by atoms with Crippen LogP contribution in [0.1, 0.15) is 47.0 Å². The van der Waals surface area contributed by atoms with Gasteiger partial charge in [-0.3, -0.25) is 24.4 Å². The number of nitrogens with zero attached hydrogens (tertiary/aromatic N) is 4. The number of aromatic nitrogens is 2. The number of aryl methyl sites for hydroxylation is 1. The van der Waals surface area contributed by atoms with Crippen molar-refractivity contribution in [3.8, 4) is 0 Å². The van der Waals surface area contributed by atoms with E-state index in [9.17, 15) is 22.8 Å². The van der Waals surface area contributed by atoms with Crippen molar-refractivity contribution >= 4 is 17.7 Å². The first-order valence-corrected chi connectivity index (χ1v) is 14.9. The van der Waals surface area contributed by atoms with Crippen LogP contribution in [0.2, 0.25) is 0 Å². The van der Waals surface area contributed by atoms with Gasteiger partial charge in [0.2, 0.25) is 5.91 Å². The lowest BCUT2D eigenvalue weighted by atomic mass is 10.1. The summed E-state index contributed by atoms with van der Waals surface area (Å²) < 4.78 is 46.7. The van der Waals surface area contributed by atoms with Gasteiger partial charge >= 0.3 is 6.18 Å². The number of nitrogens with one attached hydrogen (secondary N) is 1. The molecular formula is C28H34F3N5O3S. The average molecular weight is 578 g/mol. The Morgan fingerprint density at radius 2 is 1.98 bits per heavy atom. The maximum atomic E-state index is 13.3. The van der Waals surface area contributed by atoms with E-state index >= 15 is 0 Å². The number of halogens is 3. The van der Waals surface area contributed by atoms with Gasteiger partial charge in [-0.1, -0.05) is 6.07 Å². The van der Waals surface area contributed by atoms with Gasteiger partial charge < -0.3 is 14.6 Å². The molecule has 40 heavy (non-hydrogen) atoms. The third kappa shape index (κ3) is 5.95. The number of rotatable bonds is 6. The SMILES string of the molecule is O=C(CN1CCn2c(cc(C(F)(F)F)cc2=O)C1)NC1CN(C2CCOCC2)C[C@@H]1SC1CCc2cccnc21. The van der Waals surface area contributed by atoms with E-state index in [1.54, 1.807) is 0 Å². The Morgan fingerprint density at radius 1 is 1.15 bits per heavy atom. The maximum Gasteiger partial charge on any atom is 0.416 e. The zero-order valence-electron chi connectivity index (χ0n) is 22.2. The van der Waals surface area contributed by atoms with Crippen LogP contribution in [0.5, 0.6) is 0 Å². The van der Waals surface area contributed by atoms with Crippen molar-refractivity contribution in [2.24, 2.45) is 0 Å². The topological polar surface area (TPSA) is 79.7 Å². The molecule has 12 heteroatoms. The second kappa shape index (κ2) is 11.5. The van der Waals surface area contributed by atoms with E-state index in [0.717, 1.165) is 63.7 Å². The molecule has 6 rings (SSSR count). The number of pyridine rings is 2. The van der Waals surface area contributed by atoms with Gasteiger partial charge in [0.1, 0.15) is 0 Å². The van der Waals surface area contributed by atoms with Crippen LogP contribution in [-0.4, -0.2) is 82.0 Å². The summed E-state index contributed by atoms with van der Waals surface area (Å²) in [6.45, 7) is 4.04. The van der Waals surface area contributed by atoms with E-state index in [0.29, 0.717) is 23.9 Å². The van der Waals surface area contributed by atoms with E-state index < -0.39 is 17.3 Å². The van der Waals surface area contributed by atoms with Gasteiger partial charge in [-0.05, 0) is 43.4 Å². The molecule has 1 aliphatic carbocycles. The predicted octanol–water partition coefficient (Wildman–Crippen LogP) is 2.85. The minimum absolute atomic E-state index is 0.0374. The molecule has 4 aliphatic rings. The molecule has 0 spiro atoms. The molecule has 1 N–H and O–H groups in total. The van der Waals surface area contributed by atoms with Crippen LogP contribution in [0.4, 0.5) is 13.2 Å². The Bertz CT molecular complexity index is 1300. The van der Waals surface area contributed by atoms with Crippen LogP contribution < -0.4 is 10.9 Å². The number of carbonyl (C=O) groups is 1. The molecule has 3 atom stereocenters. The molecule has 2 fully saturated rings. The van der Waals surface area contributed by atoms with Crippen molar-refractivity contribution in [3.63, 3.8) is 0 Å². The number of alkyl halides is 3. The number of thioether (sulfide) groups is 1. The second-order valence-electron chi connectivity index (χ2n) is 11.2. The lowest BCUT2D eigenvalue weighted by Crippen LogP contribution is -2.49. The van der Waals surface area contributed by atoms with Crippen molar-refractivity contribution in [2.45, 2.75) is 67.5 Å². The van der Waals surface area contributed by atoms with Crippen molar-refractivity contribution in [2.75, 3.05) is 39.4 Å². The number of carbonyl (C=O) groups excluding carboxylic acids is 1. The van der Waals surface area contributed by atoms with Crippen LogP contribution in [0.25, 0.3) is 0 Å². The zero-order valence-corrected chi connectivity index (χ0v) is 23.1. The van der Waals surface area contributed by atoms with Gasteiger partial charge in [-0.25, -0.2) is 0 Å². The van der Waals surface area contributed by atoms with Crippen LogP contribution in [-0.2, 0) is 35.2 Å². The van der Waals surface area contributed by atoms with Gasteiger partial charge in [0.15, 0.2) is 0 Å². The number of fused-ring (bicyclic) bond motifs is 2. The predicted molar refractivity (Wildman–Crippen MR) is 145 cm³/mol. The molecule has 8 nitrogen and oxygen atoms in total. The van der Waals surface area contributed by atoms with Crippen LogP contribution in [0.3, 0.4) is 0 Å². The molecule has 2 aromatic rings. The molecule has 0 aromatic carbocycles. The van der Waals surface area contributed by atoms with Crippen LogP contribution in [0, 0.1) is 0 Å². The first-order valence-electron chi connectivity index (χ1n) is 14.0. The van der Waals surface area contributed by atoms with E-state index in [2.05, 4.69) is 21.3 Å². The van der Waals surface area contributed by atoms with Crippen LogP contribution >= 0.6 is 11.8 Å².